The Kier molecular flexibility index (Phi) is 7.32. The lowest BCUT2D eigenvalue weighted by atomic mass is 10.0. The molecule has 0 saturated carbocycles. The van der Waals surface area contributed by atoms with Gasteiger partial charge < -0.3 is 24.2 Å². The summed E-state index contributed by atoms with van der Waals surface area (Å²) in [6.45, 7) is 0.314. The number of hydrogen-bond donors (Lipinski definition) is 1. The number of aromatic nitrogens is 1. The second kappa shape index (κ2) is 11.1. The van der Waals surface area contributed by atoms with E-state index in [1.807, 2.05) is 60.7 Å². The number of ether oxygens (including phenoxy) is 3. The Labute approximate surface area is 226 Å². The highest BCUT2D eigenvalue weighted by Crippen LogP contribution is 2.34. The van der Waals surface area contributed by atoms with Gasteiger partial charge in [0.1, 0.15) is 23.0 Å². The lowest BCUT2D eigenvalue weighted by molar-refractivity contribution is 0.0985. The summed E-state index contributed by atoms with van der Waals surface area (Å²) in [7, 11) is 4.84. The van der Waals surface area contributed by atoms with Crippen LogP contribution in [0.1, 0.15) is 15.9 Å². The number of nitrogens with zero attached hydrogens (tertiary/aromatic N) is 2. The molecule has 0 radical (unpaired) electrons. The van der Waals surface area contributed by atoms with E-state index in [2.05, 4.69) is 4.98 Å². The van der Waals surface area contributed by atoms with Gasteiger partial charge in [-0.1, -0.05) is 24.3 Å². The van der Waals surface area contributed by atoms with Crippen molar-refractivity contribution in [3.63, 3.8) is 0 Å². The van der Waals surface area contributed by atoms with Crippen LogP contribution in [-0.4, -0.2) is 37.3 Å². The fourth-order valence-corrected chi connectivity index (χ4v) is 4.45. The van der Waals surface area contributed by atoms with E-state index in [0.717, 1.165) is 27.8 Å². The molecule has 4 aromatic carbocycles. The van der Waals surface area contributed by atoms with E-state index < -0.39 is 0 Å². The average Bonchev–Trinajstić information content (AvgIpc) is 2.99. The highest BCUT2D eigenvalue weighted by atomic mass is 16.5. The molecule has 196 valence electrons. The third kappa shape index (κ3) is 5.48. The van der Waals surface area contributed by atoms with Crippen molar-refractivity contribution in [3.05, 3.63) is 108 Å². The van der Waals surface area contributed by atoms with E-state index in [9.17, 15) is 9.90 Å². The molecule has 0 bridgehead atoms. The Balaban J connectivity index is 1.58. The van der Waals surface area contributed by atoms with Crippen molar-refractivity contribution in [2.45, 2.75) is 6.54 Å². The second-order valence-corrected chi connectivity index (χ2v) is 8.96. The normalized spacial score (nSPS) is 10.7. The summed E-state index contributed by atoms with van der Waals surface area (Å²) in [6.07, 6.45) is 1.65. The number of phenolic OH excluding ortho intramolecular Hbond substituents is 1. The Bertz CT molecular complexity index is 1630. The van der Waals surface area contributed by atoms with Gasteiger partial charge in [-0.3, -0.25) is 9.78 Å². The largest absolute Gasteiger partial charge is 0.508 e. The number of anilines is 1. The fourth-order valence-electron chi connectivity index (χ4n) is 4.45. The Morgan fingerprint density at radius 3 is 2.36 bits per heavy atom. The zero-order valence-corrected chi connectivity index (χ0v) is 21.9. The lowest BCUT2D eigenvalue weighted by Crippen LogP contribution is -2.30. The molecule has 1 N–H and O–H groups in total. The van der Waals surface area contributed by atoms with Crippen LogP contribution in [0.4, 0.5) is 5.69 Å². The molecule has 0 unspecified atom stereocenters. The van der Waals surface area contributed by atoms with Crippen molar-refractivity contribution in [3.8, 4) is 34.1 Å². The molecule has 1 heterocycles. The van der Waals surface area contributed by atoms with Gasteiger partial charge in [0.15, 0.2) is 0 Å². The number of carbonyl (C=O) groups is 1. The molecular formula is C32H28N2O5. The van der Waals surface area contributed by atoms with Crippen molar-refractivity contribution in [2.24, 2.45) is 0 Å². The summed E-state index contributed by atoms with van der Waals surface area (Å²) in [5, 5.41) is 10.7. The Morgan fingerprint density at radius 1 is 0.821 bits per heavy atom. The average molecular weight is 521 g/mol. The van der Waals surface area contributed by atoms with E-state index >= 15 is 0 Å². The van der Waals surface area contributed by atoms with E-state index in [-0.39, 0.29) is 11.7 Å². The molecule has 0 aliphatic carbocycles. The van der Waals surface area contributed by atoms with E-state index in [0.29, 0.717) is 34.8 Å². The SMILES string of the molecule is COc1ccc(CN(C(=O)c2ccc(OC)c(-c3cccc(OC)c3)c2)c2cnc3cc(O)ccc3c2)cc1. The monoisotopic (exact) mass is 520 g/mol. The Hall–Kier alpha value is -5.04. The maximum Gasteiger partial charge on any atom is 0.258 e. The minimum absolute atomic E-state index is 0.136. The van der Waals surface area contributed by atoms with Gasteiger partial charge >= 0.3 is 0 Å². The first kappa shape index (κ1) is 25.6. The molecule has 39 heavy (non-hydrogen) atoms. The zero-order valence-electron chi connectivity index (χ0n) is 21.9. The van der Waals surface area contributed by atoms with Crippen LogP contribution in [0.25, 0.3) is 22.0 Å². The highest BCUT2D eigenvalue weighted by Gasteiger charge is 2.21. The topological polar surface area (TPSA) is 81.1 Å². The molecule has 0 spiro atoms. The van der Waals surface area contributed by atoms with Crippen molar-refractivity contribution < 1.29 is 24.1 Å². The Morgan fingerprint density at radius 2 is 1.62 bits per heavy atom. The van der Waals surface area contributed by atoms with Gasteiger partial charge in [-0.05, 0) is 71.8 Å². The first-order valence-electron chi connectivity index (χ1n) is 12.3. The van der Waals surface area contributed by atoms with Crippen LogP contribution in [0, 0.1) is 0 Å². The van der Waals surface area contributed by atoms with Crippen LogP contribution >= 0.6 is 0 Å². The van der Waals surface area contributed by atoms with Gasteiger partial charge in [-0.2, -0.15) is 0 Å². The number of fused-ring (bicyclic) bond motifs is 1. The predicted octanol–water partition coefficient (Wildman–Crippen LogP) is 6.48. The first-order chi connectivity index (χ1) is 19.0. The summed E-state index contributed by atoms with van der Waals surface area (Å²) < 4.78 is 16.3. The molecule has 0 aliphatic rings. The van der Waals surface area contributed by atoms with Crippen LogP contribution in [0.2, 0.25) is 0 Å². The molecule has 0 fully saturated rings. The molecule has 7 nitrogen and oxygen atoms in total. The molecule has 0 saturated heterocycles. The third-order valence-electron chi connectivity index (χ3n) is 6.54. The van der Waals surface area contributed by atoms with Crippen molar-refractivity contribution in [2.75, 3.05) is 26.2 Å². The van der Waals surface area contributed by atoms with Gasteiger partial charge in [0, 0.05) is 22.6 Å². The van der Waals surface area contributed by atoms with E-state index in [1.165, 1.54) is 0 Å². The fraction of sp³-hybridized carbons (Fsp3) is 0.125. The van der Waals surface area contributed by atoms with Gasteiger partial charge in [-0.15, -0.1) is 0 Å². The summed E-state index contributed by atoms with van der Waals surface area (Å²) >= 11 is 0. The summed E-state index contributed by atoms with van der Waals surface area (Å²) in [5.41, 5.74) is 4.34. The molecule has 5 rings (SSSR count). The molecular weight excluding hydrogens is 492 g/mol. The van der Waals surface area contributed by atoms with Crippen molar-refractivity contribution >= 4 is 22.5 Å². The quantitative estimate of drug-likeness (QED) is 0.252. The van der Waals surface area contributed by atoms with Gasteiger partial charge in [0.2, 0.25) is 0 Å². The van der Waals surface area contributed by atoms with E-state index in [1.54, 1.807) is 62.8 Å². The van der Waals surface area contributed by atoms with Gasteiger partial charge in [0.25, 0.3) is 5.91 Å². The lowest BCUT2D eigenvalue weighted by Gasteiger charge is -2.24. The minimum Gasteiger partial charge on any atom is -0.508 e. The number of rotatable bonds is 8. The number of hydrogen-bond acceptors (Lipinski definition) is 6. The van der Waals surface area contributed by atoms with E-state index in [4.69, 9.17) is 14.2 Å². The van der Waals surface area contributed by atoms with Crippen LogP contribution in [0.3, 0.4) is 0 Å². The maximum absolute atomic E-state index is 14.1. The van der Waals surface area contributed by atoms with Crippen LogP contribution in [0.15, 0.2) is 97.2 Å². The highest BCUT2D eigenvalue weighted by molar-refractivity contribution is 6.07. The van der Waals surface area contributed by atoms with Crippen LogP contribution in [0.5, 0.6) is 23.0 Å². The maximum atomic E-state index is 14.1. The number of carbonyl (C=O) groups excluding carboxylic acids is 1. The van der Waals surface area contributed by atoms with Gasteiger partial charge in [-0.25, -0.2) is 0 Å². The molecule has 0 aliphatic heterocycles. The number of pyridine rings is 1. The van der Waals surface area contributed by atoms with Crippen LogP contribution < -0.4 is 19.1 Å². The summed E-state index contributed by atoms with van der Waals surface area (Å²) in [5.74, 6) is 2.03. The molecule has 7 heteroatoms. The zero-order chi connectivity index (χ0) is 27.4. The first-order valence-corrected chi connectivity index (χ1v) is 12.3. The van der Waals surface area contributed by atoms with Gasteiger partial charge in [0.05, 0.1) is 45.3 Å². The third-order valence-corrected chi connectivity index (χ3v) is 6.54. The summed E-state index contributed by atoms with van der Waals surface area (Å²) in [6, 6.07) is 27.5. The molecule has 1 amide bonds. The summed E-state index contributed by atoms with van der Waals surface area (Å²) in [4.78, 5) is 20.3. The number of amides is 1. The number of methoxy groups -OCH3 is 3. The minimum atomic E-state index is -0.197. The predicted molar refractivity (Wildman–Crippen MR) is 152 cm³/mol. The number of phenols is 1. The molecule has 1 aromatic heterocycles. The second-order valence-electron chi connectivity index (χ2n) is 8.96. The van der Waals surface area contributed by atoms with Crippen LogP contribution in [-0.2, 0) is 6.54 Å². The van der Waals surface area contributed by atoms with Crippen molar-refractivity contribution in [1.82, 2.24) is 4.98 Å². The number of benzene rings is 4. The smallest absolute Gasteiger partial charge is 0.258 e. The van der Waals surface area contributed by atoms with Crippen molar-refractivity contribution in [1.29, 1.82) is 0 Å². The molecule has 5 aromatic rings. The number of aromatic hydroxyl groups is 1. The standard InChI is InChI=1S/C32H28N2O5/c1-37-27-12-7-21(8-13-27)20-34(25-15-23-9-11-26(35)18-30(23)33-19-25)32(36)24-10-14-31(39-3)29(17-24)22-5-4-6-28(16-22)38-2/h4-19,35H,20H2,1-3H3. The molecule has 0 atom stereocenters.